The smallest absolute Gasteiger partial charge is 0.291 e. The number of hydrogen-bond acceptors (Lipinski definition) is 4. The zero-order valence-corrected chi connectivity index (χ0v) is 8.52. The number of nitrogens with one attached hydrogen (secondary N) is 1. The van der Waals surface area contributed by atoms with Crippen molar-refractivity contribution in [1.82, 2.24) is 9.99 Å². The van der Waals surface area contributed by atoms with E-state index in [-0.39, 0.29) is 12.4 Å². The van der Waals surface area contributed by atoms with Crippen molar-refractivity contribution in [3.8, 4) is 0 Å². The summed E-state index contributed by atoms with van der Waals surface area (Å²) in [6.45, 7) is 0.0592. The molecule has 0 atom stereocenters. The van der Waals surface area contributed by atoms with E-state index in [4.69, 9.17) is 11.6 Å². The number of pyridine rings is 1. The van der Waals surface area contributed by atoms with Crippen LogP contribution >= 0.6 is 11.6 Å². The Morgan fingerprint density at radius 2 is 2.40 bits per heavy atom. The normalized spacial score (nSPS) is 9.40. The van der Waals surface area contributed by atoms with Crippen LogP contribution in [0, 0.1) is 4.91 Å². The third-order valence-corrected chi connectivity index (χ3v) is 1.70. The number of aromatic nitrogens is 1. The number of anilines is 1. The Kier molecular flexibility index (Phi) is 4.49. The van der Waals surface area contributed by atoms with E-state index in [0.717, 1.165) is 0 Å². The molecule has 6 nitrogen and oxygen atoms in total. The second kappa shape index (κ2) is 5.92. The highest BCUT2D eigenvalue weighted by Crippen LogP contribution is 2.02. The molecule has 0 spiro atoms. The van der Waals surface area contributed by atoms with E-state index in [2.05, 4.69) is 15.6 Å². The maximum Gasteiger partial charge on any atom is 0.346 e. The fraction of sp³-hybridized carbons (Fsp3) is 0.250. The molecule has 0 saturated heterocycles. The zero-order chi connectivity index (χ0) is 11.1. The van der Waals surface area contributed by atoms with Crippen LogP contribution in [-0.2, 0) is 0 Å². The quantitative estimate of drug-likeness (QED) is 0.485. The maximum absolute atomic E-state index is 11.4. The number of halogens is 1. The van der Waals surface area contributed by atoms with E-state index in [1.165, 1.54) is 6.20 Å². The molecule has 0 radical (unpaired) electrons. The molecule has 0 fully saturated rings. The van der Waals surface area contributed by atoms with Gasteiger partial charge in [-0.3, -0.25) is 5.32 Å². The predicted molar refractivity (Wildman–Crippen MR) is 56.5 cm³/mol. The van der Waals surface area contributed by atoms with E-state index in [1.807, 2.05) is 0 Å². The monoisotopic (exact) mass is 228 g/mol. The van der Waals surface area contributed by atoms with Crippen LogP contribution in [0.5, 0.6) is 0 Å². The molecule has 0 unspecified atom stereocenters. The molecular weight excluding hydrogens is 220 g/mol. The molecule has 1 heterocycles. The van der Waals surface area contributed by atoms with Crippen molar-refractivity contribution in [3.05, 3.63) is 29.3 Å². The van der Waals surface area contributed by atoms with Crippen molar-refractivity contribution in [2.24, 2.45) is 5.29 Å². The molecule has 0 saturated carbocycles. The first-order valence-corrected chi connectivity index (χ1v) is 4.70. The lowest BCUT2D eigenvalue weighted by Crippen LogP contribution is -2.31. The van der Waals surface area contributed by atoms with E-state index >= 15 is 0 Å². The fourth-order valence-electron chi connectivity index (χ4n) is 0.870. The van der Waals surface area contributed by atoms with Crippen molar-refractivity contribution in [3.63, 3.8) is 0 Å². The number of nitroso groups, excluding NO2 is 1. The number of rotatable bonds is 4. The Balaban J connectivity index is 2.58. The lowest BCUT2D eigenvalue weighted by atomic mass is 10.5. The molecule has 0 aliphatic carbocycles. The molecule has 1 aromatic heterocycles. The standard InChI is InChI=1S/C8H9ClN4O2/c9-4-6-13(12-15)8(14)11-7-3-1-2-5-10-7/h1-3,5H,4,6H2,(H,10,11,14). The van der Waals surface area contributed by atoms with Gasteiger partial charge in [-0.25, -0.2) is 9.78 Å². The van der Waals surface area contributed by atoms with Gasteiger partial charge in [0.25, 0.3) is 0 Å². The Bertz CT molecular complexity index is 333. The number of alkyl halides is 1. The van der Waals surface area contributed by atoms with Gasteiger partial charge in [0.1, 0.15) is 5.82 Å². The average Bonchev–Trinajstić information content (AvgIpc) is 2.27. The number of urea groups is 1. The number of amides is 2. The topological polar surface area (TPSA) is 74.7 Å². The van der Waals surface area contributed by atoms with Gasteiger partial charge < -0.3 is 0 Å². The Labute approximate surface area is 91.2 Å². The van der Waals surface area contributed by atoms with Crippen molar-refractivity contribution < 1.29 is 4.79 Å². The molecule has 15 heavy (non-hydrogen) atoms. The largest absolute Gasteiger partial charge is 0.346 e. The summed E-state index contributed by atoms with van der Waals surface area (Å²) >= 11 is 5.39. The summed E-state index contributed by atoms with van der Waals surface area (Å²) in [5.41, 5.74) is 0. The first-order valence-electron chi connectivity index (χ1n) is 4.16. The average molecular weight is 229 g/mol. The van der Waals surface area contributed by atoms with Gasteiger partial charge >= 0.3 is 6.03 Å². The summed E-state index contributed by atoms with van der Waals surface area (Å²) in [5, 5.41) is 5.63. The summed E-state index contributed by atoms with van der Waals surface area (Å²) in [7, 11) is 0. The molecule has 1 N–H and O–H groups in total. The number of hydrogen-bond donors (Lipinski definition) is 1. The zero-order valence-electron chi connectivity index (χ0n) is 7.76. The molecule has 2 amide bonds. The van der Waals surface area contributed by atoms with Crippen LogP contribution < -0.4 is 5.32 Å². The Morgan fingerprint density at radius 1 is 1.60 bits per heavy atom. The minimum absolute atomic E-state index is 0.0592. The maximum atomic E-state index is 11.4. The minimum Gasteiger partial charge on any atom is -0.291 e. The second-order valence-electron chi connectivity index (χ2n) is 2.54. The van der Waals surface area contributed by atoms with E-state index in [1.54, 1.807) is 18.2 Å². The summed E-state index contributed by atoms with van der Waals surface area (Å²) in [5.74, 6) is 0.493. The Morgan fingerprint density at radius 3 is 2.93 bits per heavy atom. The van der Waals surface area contributed by atoms with Crippen LogP contribution in [0.4, 0.5) is 10.6 Å². The van der Waals surface area contributed by atoms with Gasteiger partial charge in [-0.05, 0) is 12.1 Å². The van der Waals surface area contributed by atoms with E-state index < -0.39 is 6.03 Å². The highest BCUT2D eigenvalue weighted by molar-refractivity contribution is 6.18. The van der Waals surface area contributed by atoms with Gasteiger partial charge in [0.2, 0.25) is 0 Å². The lowest BCUT2D eigenvalue weighted by molar-refractivity contribution is 0.216. The van der Waals surface area contributed by atoms with Gasteiger partial charge in [0, 0.05) is 12.1 Å². The predicted octanol–water partition coefficient (Wildman–Crippen LogP) is 1.84. The first kappa shape index (κ1) is 11.4. The van der Waals surface area contributed by atoms with Crippen molar-refractivity contribution in [2.45, 2.75) is 0 Å². The summed E-state index contributed by atoms with van der Waals surface area (Å²) in [6.07, 6.45) is 1.52. The highest BCUT2D eigenvalue weighted by atomic mass is 35.5. The number of nitrogens with zero attached hydrogens (tertiary/aromatic N) is 3. The molecular formula is C8H9ClN4O2. The van der Waals surface area contributed by atoms with Crippen LogP contribution in [0.15, 0.2) is 29.7 Å². The van der Waals surface area contributed by atoms with Crippen LogP contribution in [0.1, 0.15) is 0 Å². The molecule has 0 bridgehead atoms. The first-order chi connectivity index (χ1) is 7.27. The Hall–Kier alpha value is -1.69. The summed E-state index contributed by atoms with van der Waals surface area (Å²) in [4.78, 5) is 25.5. The summed E-state index contributed by atoms with van der Waals surface area (Å²) < 4.78 is 0. The molecule has 80 valence electrons. The van der Waals surface area contributed by atoms with Crippen molar-refractivity contribution in [1.29, 1.82) is 0 Å². The van der Waals surface area contributed by atoms with Crippen LogP contribution in [0.2, 0.25) is 0 Å². The number of carbonyl (C=O) groups excluding carboxylic acids is 1. The van der Waals surface area contributed by atoms with Crippen LogP contribution in [0.3, 0.4) is 0 Å². The molecule has 1 rings (SSSR count). The van der Waals surface area contributed by atoms with Gasteiger partial charge in [0.15, 0.2) is 0 Å². The lowest BCUT2D eigenvalue weighted by Gasteiger charge is -2.11. The summed E-state index contributed by atoms with van der Waals surface area (Å²) in [6, 6.07) is 4.37. The molecule has 0 aliphatic heterocycles. The van der Waals surface area contributed by atoms with Crippen molar-refractivity contribution >= 4 is 23.4 Å². The fourth-order valence-corrected chi connectivity index (χ4v) is 1.03. The highest BCUT2D eigenvalue weighted by Gasteiger charge is 2.13. The van der Waals surface area contributed by atoms with Crippen LogP contribution in [0.25, 0.3) is 0 Å². The van der Waals surface area contributed by atoms with Crippen LogP contribution in [-0.4, -0.2) is 28.4 Å². The molecule has 1 aromatic rings. The SMILES string of the molecule is O=NN(CCCl)C(=O)Nc1ccccn1. The van der Waals surface area contributed by atoms with Gasteiger partial charge in [-0.1, -0.05) is 6.07 Å². The second-order valence-corrected chi connectivity index (χ2v) is 2.92. The minimum atomic E-state index is -0.649. The van der Waals surface area contributed by atoms with Gasteiger partial charge in [0.05, 0.1) is 11.8 Å². The van der Waals surface area contributed by atoms with Crippen molar-refractivity contribution in [2.75, 3.05) is 17.7 Å². The van der Waals surface area contributed by atoms with Gasteiger partial charge in [-0.2, -0.15) is 5.01 Å². The molecule has 0 aliphatic rings. The van der Waals surface area contributed by atoms with E-state index in [9.17, 15) is 9.70 Å². The van der Waals surface area contributed by atoms with E-state index in [0.29, 0.717) is 10.8 Å². The third kappa shape index (κ3) is 3.51. The third-order valence-electron chi connectivity index (χ3n) is 1.53. The molecule has 7 heteroatoms. The number of carbonyl (C=O) groups is 1. The molecule has 0 aromatic carbocycles. The van der Waals surface area contributed by atoms with Gasteiger partial charge in [-0.15, -0.1) is 16.5 Å².